The molecule has 1 aliphatic rings. The third-order valence-electron chi connectivity index (χ3n) is 4.18. The molecule has 6 nitrogen and oxygen atoms in total. The van der Waals surface area contributed by atoms with E-state index in [1.165, 1.54) is 6.92 Å². The summed E-state index contributed by atoms with van der Waals surface area (Å²) in [5, 5.41) is 2.62. The average Bonchev–Trinajstić information content (AvgIpc) is 2.65. The SMILES string of the molecule is CC(=O)Nc1ccc(C(=O)OCC(=O)N2CCCc3ccccc32)cc1. The number of nitrogens with one attached hydrogen (secondary N) is 1. The number of benzene rings is 2. The number of carbonyl (C=O) groups is 3. The van der Waals surface area contributed by atoms with E-state index in [0.717, 1.165) is 24.1 Å². The van der Waals surface area contributed by atoms with Crippen LogP contribution in [0, 0.1) is 0 Å². The normalized spacial score (nSPS) is 12.9. The van der Waals surface area contributed by atoms with Crippen LogP contribution >= 0.6 is 0 Å². The fourth-order valence-corrected chi connectivity index (χ4v) is 2.97. The first-order chi connectivity index (χ1) is 12.5. The maximum Gasteiger partial charge on any atom is 0.338 e. The Labute approximate surface area is 151 Å². The van der Waals surface area contributed by atoms with Crippen molar-refractivity contribution in [1.29, 1.82) is 0 Å². The number of fused-ring (bicyclic) bond motifs is 1. The highest BCUT2D eigenvalue weighted by Crippen LogP contribution is 2.26. The van der Waals surface area contributed by atoms with E-state index in [1.54, 1.807) is 29.2 Å². The predicted molar refractivity (Wildman–Crippen MR) is 98.1 cm³/mol. The quantitative estimate of drug-likeness (QED) is 0.859. The molecule has 2 aromatic rings. The van der Waals surface area contributed by atoms with Crippen LogP contribution in [0.25, 0.3) is 0 Å². The Morgan fingerprint density at radius 2 is 1.81 bits per heavy atom. The standard InChI is InChI=1S/C20H20N2O4/c1-14(23)21-17-10-8-16(9-11-17)20(25)26-13-19(24)22-12-4-6-15-5-2-3-7-18(15)22/h2-3,5,7-11H,4,6,12-13H2,1H3,(H,21,23). The van der Waals surface area contributed by atoms with Crippen molar-refractivity contribution in [1.82, 2.24) is 0 Å². The molecule has 0 aliphatic carbocycles. The summed E-state index contributed by atoms with van der Waals surface area (Å²) in [6.45, 7) is 1.73. The lowest BCUT2D eigenvalue weighted by molar-refractivity contribution is -0.121. The van der Waals surface area contributed by atoms with Gasteiger partial charge in [-0.05, 0) is 48.7 Å². The topological polar surface area (TPSA) is 75.7 Å². The van der Waals surface area contributed by atoms with Crippen molar-refractivity contribution >= 4 is 29.2 Å². The van der Waals surface area contributed by atoms with Gasteiger partial charge >= 0.3 is 5.97 Å². The summed E-state index contributed by atoms with van der Waals surface area (Å²) < 4.78 is 5.16. The zero-order chi connectivity index (χ0) is 18.5. The van der Waals surface area contributed by atoms with E-state index in [9.17, 15) is 14.4 Å². The summed E-state index contributed by atoms with van der Waals surface area (Å²) in [5.74, 6) is -0.994. The molecule has 134 valence electrons. The smallest absolute Gasteiger partial charge is 0.338 e. The number of para-hydroxylation sites is 1. The molecule has 0 saturated heterocycles. The number of nitrogens with zero attached hydrogens (tertiary/aromatic N) is 1. The number of aryl methyl sites for hydroxylation is 1. The van der Waals surface area contributed by atoms with Crippen molar-refractivity contribution in [2.45, 2.75) is 19.8 Å². The molecular formula is C20H20N2O4. The predicted octanol–water partition coefficient (Wildman–Crippen LogP) is 2.78. The molecule has 0 bridgehead atoms. The van der Waals surface area contributed by atoms with E-state index in [-0.39, 0.29) is 18.4 Å². The highest BCUT2D eigenvalue weighted by atomic mass is 16.5. The van der Waals surface area contributed by atoms with Crippen molar-refractivity contribution in [2.75, 3.05) is 23.4 Å². The fourth-order valence-electron chi connectivity index (χ4n) is 2.97. The Balaban J connectivity index is 1.59. The van der Waals surface area contributed by atoms with Gasteiger partial charge in [-0.2, -0.15) is 0 Å². The fraction of sp³-hybridized carbons (Fsp3) is 0.250. The minimum absolute atomic E-state index is 0.187. The minimum atomic E-state index is -0.571. The monoisotopic (exact) mass is 352 g/mol. The summed E-state index contributed by atoms with van der Waals surface area (Å²) in [7, 11) is 0. The van der Waals surface area contributed by atoms with Gasteiger partial charge in [0.25, 0.3) is 5.91 Å². The van der Waals surface area contributed by atoms with Crippen LogP contribution in [0.1, 0.15) is 29.3 Å². The minimum Gasteiger partial charge on any atom is -0.452 e. The molecular weight excluding hydrogens is 332 g/mol. The van der Waals surface area contributed by atoms with Crippen LogP contribution in [-0.2, 0) is 20.7 Å². The summed E-state index contributed by atoms with van der Waals surface area (Å²) in [6.07, 6.45) is 1.84. The lowest BCUT2D eigenvalue weighted by Gasteiger charge is -2.29. The maximum atomic E-state index is 12.5. The molecule has 0 radical (unpaired) electrons. The van der Waals surface area contributed by atoms with Gasteiger partial charge in [0.1, 0.15) is 0 Å². The Morgan fingerprint density at radius 1 is 1.08 bits per heavy atom. The van der Waals surface area contributed by atoms with Gasteiger partial charge in [-0.15, -0.1) is 0 Å². The second-order valence-electron chi connectivity index (χ2n) is 6.11. The first kappa shape index (κ1) is 17.7. The second-order valence-corrected chi connectivity index (χ2v) is 6.11. The van der Waals surface area contributed by atoms with E-state index in [2.05, 4.69) is 5.32 Å². The summed E-state index contributed by atoms with van der Waals surface area (Å²) >= 11 is 0. The van der Waals surface area contributed by atoms with Crippen molar-refractivity contribution in [2.24, 2.45) is 0 Å². The van der Waals surface area contributed by atoms with Crippen molar-refractivity contribution in [3.05, 3.63) is 59.7 Å². The molecule has 0 fully saturated rings. The Hall–Kier alpha value is -3.15. The number of hydrogen-bond acceptors (Lipinski definition) is 4. The molecule has 0 spiro atoms. The van der Waals surface area contributed by atoms with Crippen molar-refractivity contribution in [3.63, 3.8) is 0 Å². The maximum absolute atomic E-state index is 12.5. The van der Waals surface area contributed by atoms with Crippen LogP contribution in [-0.4, -0.2) is 30.9 Å². The second kappa shape index (κ2) is 7.82. The average molecular weight is 352 g/mol. The van der Waals surface area contributed by atoms with E-state index < -0.39 is 5.97 Å². The van der Waals surface area contributed by atoms with Crippen LogP contribution in [0.4, 0.5) is 11.4 Å². The summed E-state index contributed by atoms with van der Waals surface area (Å²) in [6, 6.07) is 14.1. The van der Waals surface area contributed by atoms with Gasteiger partial charge in [0.2, 0.25) is 5.91 Å². The van der Waals surface area contributed by atoms with E-state index in [0.29, 0.717) is 17.8 Å². The molecule has 1 heterocycles. The Bertz CT molecular complexity index is 830. The molecule has 3 rings (SSSR count). The van der Waals surface area contributed by atoms with E-state index >= 15 is 0 Å². The molecule has 0 saturated carbocycles. The molecule has 1 aliphatic heterocycles. The number of ether oxygens (including phenoxy) is 1. The van der Waals surface area contributed by atoms with Crippen molar-refractivity contribution in [3.8, 4) is 0 Å². The summed E-state index contributed by atoms with van der Waals surface area (Å²) in [4.78, 5) is 37.3. The molecule has 0 atom stereocenters. The highest BCUT2D eigenvalue weighted by Gasteiger charge is 2.23. The van der Waals surface area contributed by atoms with Gasteiger partial charge in [0, 0.05) is 24.8 Å². The van der Waals surface area contributed by atoms with Gasteiger partial charge in [0.15, 0.2) is 6.61 Å². The van der Waals surface area contributed by atoms with Crippen LogP contribution in [0.3, 0.4) is 0 Å². The Morgan fingerprint density at radius 3 is 2.54 bits per heavy atom. The Kier molecular flexibility index (Phi) is 5.31. The zero-order valence-electron chi connectivity index (χ0n) is 14.5. The lowest BCUT2D eigenvalue weighted by atomic mass is 10.0. The van der Waals surface area contributed by atoms with Gasteiger partial charge in [-0.25, -0.2) is 4.79 Å². The molecule has 2 amide bonds. The zero-order valence-corrected chi connectivity index (χ0v) is 14.5. The number of carbonyl (C=O) groups excluding carboxylic acids is 3. The molecule has 2 aromatic carbocycles. The summed E-state index contributed by atoms with van der Waals surface area (Å²) in [5.41, 5.74) is 2.94. The highest BCUT2D eigenvalue weighted by molar-refractivity contribution is 5.98. The third-order valence-corrected chi connectivity index (χ3v) is 4.18. The van der Waals surface area contributed by atoms with Crippen LogP contribution < -0.4 is 10.2 Å². The third kappa shape index (κ3) is 4.08. The van der Waals surface area contributed by atoms with Crippen LogP contribution in [0.5, 0.6) is 0 Å². The number of amides is 2. The number of anilines is 2. The number of rotatable bonds is 4. The molecule has 0 unspecified atom stereocenters. The molecule has 0 aromatic heterocycles. The molecule has 1 N–H and O–H groups in total. The van der Waals surface area contributed by atoms with Gasteiger partial charge < -0.3 is 15.0 Å². The largest absolute Gasteiger partial charge is 0.452 e. The van der Waals surface area contributed by atoms with E-state index in [4.69, 9.17) is 4.74 Å². The van der Waals surface area contributed by atoms with Gasteiger partial charge in [-0.3, -0.25) is 9.59 Å². The van der Waals surface area contributed by atoms with Gasteiger partial charge in [0.05, 0.1) is 5.56 Å². The molecule has 6 heteroatoms. The lowest BCUT2D eigenvalue weighted by Crippen LogP contribution is -2.38. The van der Waals surface area contributed by atoms with E-state index in [1.807, 2.05) is 24.3 Å². The number of hydrogen-bond donors (Lipinski definition) is 1. The molecule has 26 heavy (non-hydrogen) atoms. The first-order valence-corrected chi connectivity index (χ1v) is 8.47. The van der Waals surface area contributed by atoms with Crippen LogP contribution in [0.2, 0.25) is 0 Å². The van der Waals surface area contributed by atoms with Crippen LogP contribution in [0.15, 0.2) is 48.5 Å². The van der Waals surface area contributed by atoms with Gasteiger partial charge in [-0.1, -0.05) is 18.2 Å². The van der Waals surface area contributed by atoms with Crippen molar-refractivity contribution < 1.29 is 19.1 Å². The number of esters is 1. The first-order valence-electron chi connectivity index (χ1n) is 8.47.